The van der Waals surface area contributed by atoms with Crippen LogP contribution in [0.5, 0.6) is 0 Å². The van der Waals surface area contributed by atoms with Gasteiger partial charge in [-0.1, -0.05) is 18.8 Å². The van der Waals surface area contributed by atoms with Gasteiger partial charge in [-0.15, -0.1) is 11.3 Å². The molecule has 0 aromatic carbocycles. The number of hydrogen-bond acceptors (Lipinski definition) is 5. The Balaban J connectivity index is 2.03. The monoisotopic (exact) mass is 457 g/mol. The Hall–Kier alpha value is -2.13. The molecule has 0 aliphatic heterocycles. The van der Waals surface area contributed by atoms with Crippen LogP contribution in [-0.2, 0) is 14.3 Å². The number of methoxy groups -OCH3 is 1. The van der Waals surface area contributed by atoms with E-state index in [1.807, 2.05) is 31.7 Å². The average Bonchev–Trinajstić information content (AvgIpc) is 3.17. The molecule has 5 nitrogen and oxygen atoms in total. The Morgan fingerprint density at radius 1 is 1.09 bits per heavy atom. The topological polar surface area (TPSA) is 63.7 Å². The lowest BCUT2D eigenvalue weighted by atomic mass is 9.81. The molecule has 6 heteroatoms. The third-order valence-corrected chi connectivity index (χ3v) is 7.40. The minimum Gasteiger partial charge on any atom is -0.465 e. The van der Waals surface area contributed by atoms with Gasteiger partial charge in [0.1, 0.15) is 10.7 Å². The fourth-order valence-corrected chi connectivity index (χ4v) is 5.41. The van der Waals surface area contributed by atoms with Crippen LogP contribution in [0.2, 0.25) is 0 Å². The standard InChI is InChI=1S/C26H35NO4S/c1-17-6-8-18(9-7-17)24(29)27(19-10-12-20(28)13-11-19)22-16-21(14-15-26(2,3)4)32-23(22)25(30)31-5/h16-19H,6-13H2,1-5H3. The molecule has 0 unspecified atom stereocenters. The van der Waals surface area contributed by atoms with Crippen molar-refractivity contribution in [1.29, 1.82) is 0 Å². The molecule has 0 N–H and O–H groups in total. The highest BCUT2D eigenvalue weighted by Crippen LogP contribution is 2.38. The number of Topliss-reactive ketones (excluding diaryl/α,β-unsaturated/α-hetero) is 1. The normalized spacial score (nSPS) is 22.1. The van der Waals surface area contributed by atoms with Crippen molar-refractivity contribution in [3.8, 4) is 11.8 Å². The van der Waals surface area contributed by atoms with Crippen LogP contribution in [0.25, 0.3) is 0 Å². The minimum absolute atomic E-state index is 0.0432. The Kier molecular flexibility index (Phi) is 7.82. The molecule has 0 spiro atoms. The molecule has 32 heavy (non-hydrogen) atoms. The van der Waals surface area contributed by atoms with Crippen molar-refractivity contribution in [2.24, 2.45) is 17.3 Å². The van der Waals surface area contributed by atoms with Crippen molar-refractivity contribution in [3.05, 3.63) is 15.8 Å². The van der Waals surface area contributed by atoms with E-state index in [1.54, 1.807) is 0 Å². The lowest BCUT2D eigenvalue weighted by Crippen LogP contribution is -2.46. The molecule has 2 fully saturated rings. The van der Waals surface area contributed by atoms with Crippen LogP contribution in [-0.4, -0.2) is 30.8 Å². The Labute approximate surface area is 195 Å². The predicted molar refractivity (Wildman–Crippen MR) is 128 cm³/mol. The molecule has 1 aromatic heterocycles. The number of amides is 1. The Morgan fingerprint density at radius 3 is 2.28 bits per heavy atom. The number of anilines is 1. The maximum absolute atomic E-state index is 13.8. The van der Waals surface area contributed by atoms with E-state index in [0.717, 1.165) is 30.6 Å². The molecule has 174 valence electrons. The van der Waals surface area contributed by atoms with Crippen LogP contribution in [0.15, 0.2) is 6.07 Å². The van der Waals surface area contributed by atoms with Gasteiger partial charge in [0.15, 0.2) is 0 Å². The zero-order valence-corrected chi connectivity index (χ0v) is 20.8. The molecule has 0 bridgehead atoms. The first-order valence-electron chi connectivity index (χ1n) is 11.7. The molecule has 1 aromatic rings. The van der Waals surface area contributed by atoms with Gasteiger partial charge in [0.05, 0.1) is 17.7 Å². The molecular formula is C26H35NO4S. The first-order valence-corrected chi connectivity index (χ1v) is 12.5. The number of esters is 1. The highest BCUT2D eigenvalue weighted by molar-refractivity contribution is 7.15. The van der Waals surface area contributed by atoms with Crippen molar-refractivity contribution in [2.45, 2.75) is 85.1 Å². The van der Waals surface area contributed by atoms with Crippen molar-refractivity contribution >= 4 is 34.7 Å². The second kappa shape index (κ2) is 10.2. The van der Waals surface area contributed by atoms with Crippen molar-refractivity contribution < 1.29 is 19.1 Å². The number of nitrogens with zero attached hydrogens (tertiary/aromatic N) is 1. The van der Waals surface area contributed by atoms with Crippen LogP contribution in [0.3, 0.4) is 0 Å². The molecule has 0 radical (unpaired) electrons. The van der Waals surface area contributed by atoms with E-state index < -0.39 is 5.97 Å². The zero-order valence-electron chi connectivity index (χ0n) is 20.0. The lowest BCUT2D eigenvalue weighted by Gasteiger charge is -2.37. The van der Waals surface area contributed by atoms with E-state index in [4.69, 9.17) is 4.74 Å². The summed E-state index contributed by atoms with van der Waals surface area (Å²) >= 11 is 1.28. The molecule has 0 atom stereocenters. The molecule has 1 amide bonds. The van der Waals surface area contributed by atoms with Gasteiger partial charge in [0.2, 0.25) is 5.91 Å². The maximum atomic E-state index is 13.8. The SMILES string of the molecule is COC(=O)c1sc(C#CC(C)(C)C)cc1N(C(=O)C1CCC(C)CC1)C1CCC(=O)CC1. The number of ketones is 1. The quantitative estimate of drug-likeness (QED) is 0.436. The molecule has 2 aliphatic rings. The number of hydrogen-bond donors (Lipinski definition) is 0. The molecule has 3 rings (SSSR count). The van der Waals surface area contributed by atoms with Gasteiger partial charge >= 0.3 is 5.97 Å². The van der Waals surface area contributed by atoms with Gasteiger partial charge in [-0.3, -0.25) is 9.59 Å². The first-order chi connectivity index (χ1) is 15.1. The predicted octanol–water partition coefficient (Wildman–Crippen LogP) is 5.60. The highest BCUT2D eigenvalue weighted by atomic mass is 32.1. The third-order valence-electron chi connectivity index (χ3n) is 6.38. The lowest BCUT2D eigenvalue weighted by molar-refractivity contribution is -0.125. The largest absolute Gasteiger partial charge is 0.465 e. The summed E-state index contributed by atoms with van der Waals surface area (Å²) in [6.07, 6.45) is 6.05. The Morgan fingerprint density at radius 2 is 1.72 bits per heavy atom. The number of carbonyl (C=O) groups is 3. The summed E-state index contributed by atoms with van der Waals surface area (Å²) in [7, 11) is 1.36. The van der Waals surface area contributed by atoms with Crippen LogP contribution in [0, 0.1) is 29.1 Å². The molecule has 1 heterocycles. The number of thiophene rings is 1. The minimum atomic E-state index is -0.448. The summed E-state index contributed by atoms with van der Waals surface area (Å²) in [5.74, 6) is 6.88. The van der Waals surface area contributed by atoms with E-state index >= 15 is 0 Å². The van der Waals surface area contributed by atoms with E-state index in [0.29, 0.717) is 42.2 Å². The van der Waals surface area contributed by atoms with Gasteiger partial charge in [-0.2, -0.15) is 0 Å². The van der Waals surface area contributed by atoms with Crippen LogP contribution >= 0.6 is 11.3 Å². The van der Waals surface area contributed by atoms with E-state index in [-0.39, 0.29) is 29.1 Å². The summed E-state index contributed by atoms with van der Waals surface area (Å²) < 4.78 is 5.06. The fraction of sp³-hybridized carbons (Fsp3) is 0.654. The molecule has 2 saturated carbocycles. The molecule has 2 aliphatic carbocycles. The van der Waals surface area contributed by atoms with Gasteiger partial charge in [0, 0.05) is 30.2 Å². The second-order valence-corrected chi connectivity index (χ2v) is 11.3. The van der Waals surface area contributed by atoms with E-state index in [9.17, 15) is 14.4 Å². The summed E-state index contributed by atoms with van der Waals surface area (Å²) in [5, 5.41) is 0. The number of rotatable bonds is 4. The fourth-order valence-electron chi connectivity index (χ4n) is 4.49. The number of ether oxygens (including phenoxy) is 1. The summed E-state index contributed by atoms with van der Waals surface area (Å²) in [6.45, 7) is 8.34. The maximum Gasteiger partial charge on any atom is 0.350 e. The third kappa shape index (κ3) is 6.01. The molecular weight excluding hydrogens is 422 g/mol. The molecule has 0 saturated heterocycles. The van der Waals surface area contributed by atoms with Gasteiger partial charge < -0.3 is 9.64 Å². The summed E-state index contributed by atoms with van der Waals surface area (Å²) in [4.78, 5) is 41.4. The second-order valence-electron chi connectivity index (χ2n) is 10.3. The van der Waals surface area contributed by atoms with Crippen molar-refractivity contribution in [3.63, 3.8) is 0 Å². The van der Waals surface area contributed by atoms with Crippen molar-refractivity contribution in [2.75, 3.05) is 12.0 Å². The van der Waals surface area contributed by atoms with Gasteiger partial charge in [0.25, 0.3) is 0 Å². The zero-order chi connectivity index (χ0) is 23.5. The average molecular weight is 458 g/mol. The van der Waals surface area contributed by atoms with Crippen LogP contribution in [0.1, 0.15) is 93.6 Å². The van der Waals surface area contributed by atoms with Crippen LogP contribution < -0.4 is 4.90 Å². The van der Waals surface area contributed by atoms with Gasteiger partial charge in [-0.05, 0) is 71.3 Å². The van der Waals surface area contributed by atoms with Crippen molar-refractivity contribution in [1.82, 2.24) is 0 Å². The van der Waals surface area contributed by atoms with Gasteiger partial charge in [-0.25, -0.2) is 4.79 Å². The van der Waals surface area contributed by atoms with E-state index in [2.05, 4.69) is 18.8 Å². The number of carbonyl (C=O) groups excluding carboxylic acids is 3. The smallest absolute Gasteiger partial charge is 0.350 e. The summed E-state index contributed by atoms with van der Waals surface area (Å²) in [6, 6.07) is 1.79. The first kappa shape index (κ1) is 24.5. The summed E-state index contributed by atoms with van der Waals surface area (Å²) in [5.41, 5.74) is 0.427. The highest BCUT2D eigenvalue weighted by Gasteiger charge is 2.37. The Bertz CT molecular complexity index is 912. The van der Waals surface area contributed by atoms with Crippen LogP contribution in [0.4, 0.5) is 5.69 Å². The van der Waals surface area contributed by atoms with E-state index in [1.165, 1.54) is 18.4 Å².